The largest absolute Gasteiger partial charge is 0.484 e. The van der Waals surface area contributed by atoms with Crippen molar-refractivity contribution >= 4 is 17.6 Å². The van der Waals surface area contributed by atoms with Crippen molar-refractivity contribution in [3.8, 4) is 5.75 Å². The fraction of sp³-hybridized carbons (Fsp3) is 0.381. The van der Waals surface area contributed by atoms with Crippen molar-refractivity contribution in [1.82, 2.24) is 19.9 Å². The quantitative estimate of drug-likeness (QED) is 0.669. The number of carbonyl (C=O) groups is 1. The van der Waals surface area contributed by atoms with Gasteiger partial charge in [0.2, 0.25) is 5.95 Å². The topological polar surface area (TPSA) is 97.8 Å². The molecule has 1 aliphatic carbocycles. The van der Waals surface area contributed by atoms with E-state index < -0.39 is 6.03 Å². The Bertz CT molecular complexity index is 1010. The highest BCUT2D eigenvalue weighted by Gasteiger charge is 2.29. The van der Waals surface area contributed by atoms with Gasteiger partial charge in [-0.05, 0) is 49.9 Å². The van der Waals surface area contributed by atoms with Gasteiger partial charge in [-0.3, -0.25) is 4.40 Å². The molecule has 1 aromatic carbocycles. The summed E-state index contributed by atoms with van der Waals surface area (Å²) in [6, 6.07) is 11.3. The number of amides is 2. The van der Waals surface area contributed by atoms with Gasteiger partial charge in [-0.25, -0.2) is 4.79 Å². The highest BCUT2D eigenvalue weighted by Crippen LogP contribution is 2.38. The fourth-order valence-electron chi connectivity index (χ4n) is 4.01. The Morgan fingerprint density at radius 2 is 1.93 bits per heavy atom. The maximum atomic E-state index is 11.3. The van der Waals surface area contributed by atoms with Crippen LogP contribution in [0, 0.1) is 0 Å². The number of ether oxygens (including phenoxy) is 1. The van der Waals surface area contributed by atoms with Crippen molar-refractivity contribution in [2.75, 3.05) is 18.0 Å². The van der Waals surface area contributed by atoms with E-state index in [-0.39, 0.29) is 12.1 Å². The highest BCUT2D eigenvalue weighted by atomic mass is 16.5. The van der Waals surface area contributed by atoms with Gasteiger partial charge in [0, 0.05) is 13.1 Å². The van der Waals surface area contributed by atoms with Crippen LogP contribution in [0.25, 0.3) is 5.65 Å². The molecule has 0 saturated carbocycles. The van der Waals surface area contributed by atoms with Crippen molar-refractivity contribution in [2.45, 2.75) is 38.8 Å². The molecule has 0 spiro atoms. The number of rotatable bonds is 6. The molecule has 8 nitrogen and oxygen atoms in total. The van der Waals surface area contributed by atoms with Gasteiger partial charge in [-0.1, -0.05) is 24.3 Å². The molecule has 0 bridgehead atoms. The highest BCUT2D eigenvalue weighted by molar-refractivity contribution is 5.72. The van der Waals surface area contributed by atoms with Crippen LogP contribution >= 0.6 is 0 Å². The summed E-state index contributed by atoms with van der Waals surface area (Å²) < 4.78 is 8.34. The van der Waals surface area contributed by atoms with Crippen molar-refractivity contribution < 1.29 is 9.53 Å². The van der Waals surface area contributed by atoms with E-state index in [0.29, 0.717) is 0 Å². The number of nitrogens with zero attached hydrogens (tertiary/aromatic N) is 4. The van der Waals surface area contributed by atoms with E-state index in [2.05, 4.69) is 34.3 Å². The number of hydrogen-bond donors (Lipinski definition) is 2. The van der Waals surface area contributed by atoms with E-state index in [1.165, 1.54) is 0 Å². The molecular formula is C21H26N6O2. The zero-order valence-corrected chi connectivity index (χ0v) is 16.7. The molecular weight excluding hydrogens is 368 g/mol. The Morgan fingerprint density at radius 3 is 2.66 bits per heavy atom. The van der Waals surface area contributed by atoms with Gasteiger partial charge in [0.1, 0.15) is 11.9 Å². The first-order chi connectivity index (χ1) is 14.1. The summed E-state index contributed by atoms with van der Waals surface area (Å²) in [4.78, 5) is 13.5. The molecule has 0 aliphatic heterocycles. The number of nitrogens with two attached hydrogens (primary N) is 1. The second kappa shape index (κ2) is 7.98. The van der Waals surface area contributed by atoms with Crippen LogP contribution < -0.4 is 20.7 Å². The monoisotopic (exact) mass is 394 g/mol. The van der Waals surface area contributed by atoms with Crippen molar-refractivity contribution in [2.24, 2.45) is 5.73 Å². The van der Waals surface area contributed by atoms with E-state index in [1.54, 1.807) is 0 Å². The standard InChI is InChI=1S/C21H26N6O2/c1-3-26(4-2)21-25-24-19-12-9-14(13-27(19)21)29-18-11-10-17(23-20(22)28)15-7-5-6-8-16(15)18/h5-9,12-13,17-18H,3-4,10-11H2,1-2H3,(H3,22,23,28)/t17?,18-/m1/s1. The maximum Gasteiger partial charge on any atom is 0.312 e. The number of hydrogen-bond acceptors (Lipinski definition) is 5. The first-order valence-electron chi connectivity index (χ1n) is 10.0. The van der Waals surface area contributed by atoms with Gasteiger partial charge in [0.05, 0.1) is 12.2 Å². The third kappa shape index (κ3) is 3.70. The number of fused-ring (bicyclic) bond motifs is 2. The van der Waals surface area contributed by atoms with Gasteiger partial charge in [-0.2, -0.15) is 0 Å². The fourth-order valence-corrected chi connectivity index (χ4v) is 4.01. The summed E-state index contributed by atoms with van der Waals surface area (Å²) >= 11 is 0. The number of aromatic nitrogens is 3. The Kier molecular flexibility index (Phi) is 5.24. The van der Waals surface area contributed by atoms with Gasteiger partial charge in [0.15, 0.2) is 5.65 Å². The molecule has 3 N–H and O–H groups in total. The van der Waals surface area contributed by atoms with Crippen LogP contribution in [0.1, 0.15) is 50.0 Å². The number of carbonyl (C=O) groups excluding carboxylic acids is 1. The minimum Gasteiger partial charge on any atom is -0.484 e. The Hall–Kier alpha value is -3.29. The van der Waals surface area contributed by atoms with E-state index in [9.17, 15) is 4.79 Å². The number of urea groups is 1. The Labute approximate surface area is 169 Å². The second-order valence-corrected chi connectivity index (χ2v) is 7.14. The number of pyridine rings is 1. The Balaban J connectivity index is 1.63. The number of anilines is 1. The molecule has 2 aromatic heterocycles. The summed E-state index contributed by atoms with van der Waals surface area (Å²) in [6.45, 7) is 5.90. The van der Waals surface area contributed by atoms with Gasteiger partial charge in [-0.15, -0.1) is 10.2 Å². The molecule has 0 radical (unpaired) electrons. The molecule has 8 heteroatoms. The molecule has 4 rings (SSSR count). The lowest BCUT2D eigenvalue weighted by Gasteiger charge is -2.32. The summed E-state index contributed by atoms with van der Waals surface area (Å²) in [5, 5.41) is 11.4. The van der Waals surface area contributed by atoms with Crippen molar-refractivity contribution in [3.05, 3.63) is 53.7 Å². The molecule has 2 heterocycles. The number of benzene rings is 1. The average molecular weight is 394 g/mol. The lowest BCUT2D eigenvalue weighted by atomic mass is 9.85. The number of primary amides is 1. The second-order valence-electron chi connectivity index (χ2n) is 7.14. The minimum atomic E-state index is -0.508. The first kappa shape index (κ1) is 19.0. The molecule has 0 saturated heterocycles. The van der Waals surface area contributed by atoms with E-state index in [0.717, 1.165) is 54.4 Å². The van der Waals surface area contributed by atoms with Gasteiger partial charge < -0.3 is 20.7 Å². The summed E-state index contributed by atoms with van der Waals surface area (Å²) in [5.74, 6) is 1.57. The normalized spacial score (nSPS) is 18.3. The van der Waals surface area contributed by atoms with Crippen molar-refractivity contribution in [3.63, 3.8) is 0 Å². The summed E-state index contributed by atoms with van der Waals surface area (Å²) in [6.07, 6.45) is 3.40. The van der Waals surface area contributed by atoms with Gasteiger partial charge >= 0.3 is 6.03 Å². The third-order valence-corrected chi connectivity index (χ3v) is 5.43. The van der Waals surface area contributed by atoms with Gasteiger partial charge in [0.25, 0.3) is 0 Å². The van der Waals surface area contributed by atoms with Crippen molar-refractivity contribution in [1.29, 1.82) is 0 Å². The lowest BCUT2D eigenvalue weighted by molar-refractivity contribution is 0.171. The SMILES string of the molecule is CCN(CC)c1nnc2ccc(O[C@@H]3CCC(NC(N)=O)c4ccccc43)cn12. The zero-order valence-electron chi connectivity index (χ0n) is 16.7. The van der Waals surface area contributed by atoms with Crippen LogP contribution in [0.5, 0.6) is 5.75 Å². The predicted octanol–water partition coefficient (Wildman–Crippen LogP) is 3.20. The molecule has 3 aromatic rings. The van der Waals surface area contributed by atoms with E-state index in [4.69, 9.17) is 10.5 Å². The average Bonchev–Trinajstić information content (AvgIpc) is 3.14. The molecule has 152 valence electrons. The van der Waals surface area contributed by atoms with Crippen LogP contribution in [0.2, 0.25) is 0 Å². The molecule has 0 fully saturated rings. The number of nitrogens with one attached hydrogen (secondary N) is 1. The smallest absolute Gasteiger partial charge is 0.312 e. The maximum absolute atomic E-state index is 11.3. The predicted molar refractivity (Wildman–Crippen MR) is 111 cm³/mol. The van der Waals surface area contributed by atoms with Crippen LogP contribution in [-0.4, -0.2) is 33.7 Å². The molecule has 1 aliphatic rings. The molecule has 2 atom stereocenters. The first-order valence-corrected chi connectivity index (χ1v) is 10.0. The van der Waals surface area contributed by atoms with Crippen LogP contribution in [0.3, 0.4) is 0 Å². The van der Waals surface area contributed by atoms with Crippen LogP contribution in [-0.2, 0) is 0 Å². The zero-order chi connectivity index (χ0) is 20.4. The van der Waals surface area contributed by atoms with E-state index >= 15 is 0 Å². The van der Waals surface area contributed by atoms with E-state index in [1.807, 2.05) is 47.0 Å². The van der Waals surface area contributed by atoms with Crippen LogP contribution in [0.15, 0.2) is 42.6 Å². The molecule has 2 amide bonds. The summed E-state index contributed by atoms with van der Waals surface area (Å²) in [5.41, 5.74) is 8.26. The molecule has 1 unspecified atom stereocenters. The molecule has 29 heavy (non-hydrogen) atoms. The lowest BCUT2D eigenvalue weighted by Crippen LogP contribution is -2.36. The Morgan fingerprint density at radius 1 is 1.17 bits per heavy atom. The third-order valence-electron chi connectivity index (χ3n) is 5.43. The summed E-state index contributed by atoms with van der Waals surface area (Å²) in [7, 11) is 0. The minimum absolute atomic E-state index is 0.0850. The van der Waals surface area contributed by atoms with Crippen LogP contribution in [0.4, 0.5) is 10.7 Å².